The van der Waals surface area contributed by atoms with E-state index < -0.39 is 18.1 Å². The number of carbonyl (C=O) groups is 3. The van der Waals surface area contributed by atoms with E-state index in [0.717, 1.165) is 24.8 Å². The van der Waals surface area contributed by atoms with Crippen LogP contribution in [0.5, 0.6) is 0 Å². The third-order valence-electron chi connectivity index (χ3n) is 7.89. The molecule has 1 aliphatic rings. The Hall–Kier alpha value is -2.71. The maximum atomic E-state index is 13.6. The van der Waals surface area contributed by atoms with Crippen LogP contribution in [0.2, 0.25) is 0 Å². The molecular formula is C31H51N3O5. The maximum Gasteiger partial charge on any atom is 0.229 e. The molecule has 0 saturated carbocycles. The van der Waals surface area contributed by atoms with Gasteiger partial charge in [0.1, 0.15) is 0 Å². The molecule has 1 rings (SSSR count). The van der Waals surface area contributed by atoms with Crippen molar-refractivity contribution in [1.82, 2.24) is 15.1 Å². The number of hydrogen-bond donors (Lipinski definition) is 1. The van der Waals surface area contributed by atoms with Gasteiger partial charge in [0.25, 0.3) is 0 Å². The SMILES string of the molecule is C=C/C(=C\C=C/C)CC(=C)NC(=O)[C@H](C)[C@@H](OC)[C@@H]1CCCN1C(=O)C[C@@H](OC)[C@H]([C@@H](C)CC)N(C)C(C)=O. The molecule has 0 spiro atoms. The molecule has 6 atom stereocenters. The van der Waals surface area contributed by atoms with Gasteiger partial charge in [0, 0.05) is 46.9 Å². The van der Waals surface area contributed by atoms with E-state index in [-0.39, 0.29) is 42.1 Å². The molecule has 0 aromatic carbocycles. The predicted octanol–water partition coefficient (Wildman–Crippen LogP) is 4.64. The van der Waals surface area contributed by atoms with Gasteiger partial charge in [-0.1, -0.05) is 64.7 Å². The summed E-state index contributed by atoms with van der Waals surface area (Å²) in [5, 5.41) is 2.91. The van der Waals surface area contributed by atoms with Gasteiger partial charge >= 0.3 is 0 Å². The molecule has 1 heterocycles. The van der Waals surface area contributed by atoms with E-state index in [1.54, 1.807) is 32.2 Å². The highest BCUT2D eigenvalue weighted by molar-refractivity contribution is 5.81. The third kappa shape index (κ3) is 9.76. The van der Waals surface area contributed by atoms with Crippen LogP contribution in [-0.2, 0) is 23.9 Å². The molecule has 0 unspecified atom stereocenters. The highest BCUT2D eigenvalue weighted by Crippen LogP contribution is 2.29. The summed E-state index contributed by atoms with van der Waals surface area (Å²) >= 11 is 0. The number of rotatable bonds is 16. The summed E-state index contributed by atoms with van der Waals surface area (Å²) in [5.41, 5.74) is 1.52. The summed E-state index contributed by atoms with van der Waals surface area (Å²) in [6, 6.07) is -0.460. The number of nitrogens with one attached hydrogen (secondary N) is 1. The van der Waals surface area contributed by atoms with E-state index in [4.69, 9.17) is 9.47 Å². The fraction of sp³-hybridized carbons (Fsp3) is 0.645. The summed E-state index contributed by atoms with van der Waals surface area (Å²) in [5.74, 6) is -0.670. The van der Waals surface area contributed by atoms with Gasteiger partial charge in [-0.25, -0.2) is 0 Å². The van der Waals surface area contributed by atoms with Crippen molar-refractivity contribution in [2.24, 2.45) is 11.8 Å². The van der Waals surface area contributed by atoms with Crippen LogP contribution in [0.3, 0.4) is 0 Å². The third-order valence-corrected chi connectivity index (χ3v) is 7.89. The Morgan fingerprint density at radius 3 is 2.38 bits per heavy atom. The molecule has 39 heavy (non-hydrogen) atoms. The molecule has 0 aromatic heterocycles. The first-order valence-electron chi connectivity index (χ1n) is 14.0. The first-order valence-corrected chi connectivity index (χ1v) is 14.0. The van der Waals surface area contributed by atoms with Crippen LogP contribution in [0.1, 0.15) is 66.7 Å². The minimum Gasteiger partial charge on any atom is -0.379 e. The van der Waals surface area contributed by atoms with Gasteiger partial charge in [-0.2, -0.15) is 0 Å². The van der Waals surface area contributed by atoms with Crippen molar-refractivity contribution in [2.45, 2.75) is 91.0 Å². The van der Waals surface area contributed by atoms with E-state index in [2.05, 4.69) is 32.3 Å². The van der Waals surface area contributed by atoms with Crippen molar-refractivity contribution in [2.75, 3.05) is 27.8 Å². The molecule has 8 heteroatoms. The van der Waals surface area contributed by atoms with E-state index >= 15 is 0 Å². The molecule has 3 amide bonds. The Balaban J connectivity index is 3.01. The molecule has 1 saturated heterocycles. The molecule has 1 N–H and O–H groups in total. The van der Waals surface area contributed by atoms with Crippen molar-refractivity contribution in [1.29, 1.82) is 0 Å². The first kappa shape index (κ1) is 34.3. The first-order chi connectivity index (χ1) is 18.5. The van der Waals surface area contributed by atoms with Gasteiger partial charge in [-0.3, -0.25) is 14.4 Å². The van der Waals surface area contributed by atoms with Crippen LogP contribution in [0.25, 0.3) is 0 Å². The highest BCUT2D eigenvalue weighted by atomic mass is 16.5. The number of nitrogens with zero attached hydrogens (tertiary/aromatic N) is 2. The molecule has 0 radical (unpaired) electrons. The number of allylic oxidation sites excluding steroid dienone is 5. The molecule has 0 bridgehead atoms. The lowest BCUT2D eigenvalue weighted by Gasteiger charge is -2.39. The van der Waals surface area contributed by atoms with Crippen LogP contribution < -0.4 is 5.32 Å². The Labute approximate surface area is 236 Å². The van der Waals surface area contributed by atoms with Gasteiger partial charge in [-0.15, -0.1) is 0 Å². The second-order valence-corrected chi connectivity index (χ2v) is 10.5. The largest absolute Gasteiger partial charge is 0.379 e. The van der Waals surface area contributed by atoms with Gasteiger partial charge < -0.3 is 24.6 Å². The number of hydrogen-bond acceptors (Lipinski definition) is 5. The summed E-state index contributed by atoms with van der Waals surface area (Å²) in [4.78, 5) is 42.5. The van der Waals surface area contributed by atoms with Gasteiger partial charge in [0.2, 0.25) is 17.7 Å². The average Bonchev–Trinajstić information content (AvgIpc) is 3.39. The molecule has 8 nitrogen and oxygen atoms in total. The zero-order valence-electron chi connectivity index (χ0n) is 25.4. The van der Waals surface area contributed by atoms with E-state index in [9.17, 15) is 14.4 Å². The average molecular weight is 546 g/mol. The number of likely N-dealkylation sites (N-methyl/N-ethyl adjacent to an activating group) is 1. The normalized spacial score (nSPS) is 19.7. The minimum absolute atomic E-state index is 0.0570. The summed E-state index contributed by atoms with van der Waals surface area (Å²) < 4.78 is 11.6. The zero-order valence-corrected chi connectivity index (χ0v) is 25.4. The van der Waals surface area contributed by atoms with Crippen molar-refractivity contribution < 1.29 is 23.9 Å². The highest BCUT2D eigenvalue weighted by Gasteiger charge is 2.41. The second kappa shape index (κ2) is 17.1. The fourth-order valence-electron chi connectivity index (χ4n) is 5.37. The lowest BCUT2D eigenvalue weighted by molar-refractivity contribution is -0.145. The van der Waals surface area contributed by atoms with Crippen molar-refractivity contribution >= 4 is 17.7 Å². The van der Waals surface area contributed by atoms with E-state index in [0.29, 0.717) is 18.7 Å². The van der Waals surface area contributed by atoms with Crippen LogP contribution >= 0.6 is 0 Å². The fourth-order valence-corrected chi connectivity index (χ4v) is 5.37. The maximum absolute atomic E-state index is 13.6. The number of amides is 3. The Morgan fingerprint density at radius 2 is 1.87 bits per heavy atom. The lowest BCUT2D eigenvalue weighted by atomic mass is 9.90. The number of carbonyl (C=O) groups excluding carboxylic acids is 3. The van der Waals surface area contributed by atoms with Crippen LogP contribution in [0.4, 0.5) is 0 Å². The molecule has 0 aromatic rings. The second-order valence-electron chi connectivity index (χ2n) is 10.5. The zero-order chi connectivity index (χ0) is 29.7. The Kier molecular flexibility index (Phi) is 15.0. The number of likely N-dealkylation sites (tertiary alicyclic amines) is 1. The topological polar surface area (TPSA) is 88.2 Å². The van der Waals surface area contributed by atoms with Gasteiger partial charge in [0.05, 0.1) is 36.6 Å². The summed E-state index contributed by atoms with van der Waals surface area (Å²) in [6.07, 6.45) is 9.64. The Morgan fingerprint density at radius 1 is 1.21 bits per heavy atom. The quantitative estimate of drug-likeness (QED) is 0.286. The van der Waals surface area contributed by atoms with Gasteiger partial charge in [-0.05, 0) is 31.3 Å². The molecule has 220 valence electrons. The number of ether oxygens (including phenoxy) is 2. The summed E-state index contributed by atoms with van der Waals surface area (Å²) in [6.45, 7) is 17.9. The van der Waals surface area contributed by atoms with Crippen LogP contribution in [-0.4, -0.2) is 79.6 Å². The van der Waals surface area contributed by atoms with Gasteiger partial charge in [0.15, 0.2) is 0 Å². The molecular weight excluding hydrogens is 494 g/mol. The molecule has 0 aliphatic carbocycles. The van der Waals surface area contributed by atoms with E-state index in [1.807, 2.05) is 37.0 Å². The molecule has 1 fully saturated rings. The monoisotopic (exact) mass is 545 g/mol. The lowest BCUT2D eigenvalue weighted by Crippen LogP contribution is -2.52. The number of methoxy groups -OCH3 is 2. The Bertz CT molecular complexity index is 912. The van der Waals surface area contributed by atoms with Crippen molar-refractivity contribution in [3.05, 3.63) is 48.7 Å². The van der Waals surface area contributed by atoms with E-state index in [1.165, 1.54) is 6.92 Å². The van der Waals surface area contributed by atoms with Crippen LogP contribution in [0, 0.1) is 11.8 Å². The smallest absolute Gasteiger partial charge is 0.229 e. The predicted molar refractivity (Wildman–Crippen MR) is 157 cm³/mol. The molecule has 1 aliphatic heterocycles. The summed E-state index contributed by atoms with van der Waals surface area (Å²) in [7, 11) is 4.93. The standard InChI is InChI=1S/C31H51N3O5/c1-11-14-16-25(13-3)19-22(5)32-31(37)23(6)30(39-10)26-17-15-18-34(26)28(36)20-27(38-9)29(21(4)12-2)33(8)24(7)35/h11,13-14,16,21,23,26-27,29-30H,3,5,12,15,17-20H2,1-2,4,6-10H3,(H,32,37)/b14-11-,25-16+/t21-,23+,26-,27+,29-,30+/m0/s1. The van der Waals surface area contributed by atoms with Crippen molar-refractivity contribution in [3.63, 3.8) is 0 Å². The minimum atomic E-state index is -0.508. The van der Waals surface area contributed by atoms with Crippen LogP contribution in [0.15, 0.2) is 48.7 Å². The van der Waals surface area contributed by atoms with Crippen molar-refractivity contribution in [3.8, 4) is 0 Å².